The van der Waals surface area contributed by atoms with E-state index >= 15 is 0 Å². The molecule has 0 fully saturated rings. The Morgan fingerprint density at radius 2 is 1.79 bits per heavy atom. The van der Waals surface area contributed by atoms with E-state index in [0.29, 0.717) is 5.69 Å². The van der Waals surface area contributed by atoms with Crippen LogP contribution in [0.5, 0.6) is 0 Å². The Balaban J connectivity index is 2.25. The third-order valence-electron chi connectivity index (χ3n) is 3.33. The number of nitrogens with one attached hydrogen (secondary N) is 1. The number of amides is 1. The van der Waals surface area contributed by atoms with Crippen LogP contribution in [0.25, 0.3) is 0 Å². The van der Waals surface area contributed by atoms with Crippen LogP contribution < -0.4 is 10.2 Å². The lowest BCUT2D eigenvalue weighted by atomic mass is 10.1. The van der Waals surface area contributed by atoms with Crippen molar-refractivity contribution >= 4 is 29.0 Å². The van der Waals surface area contributed by atoms with E-state index in [1.807, 2.05) is 38.1 Å². The molecule has 0 aliphatic carbocycles. The topological polar surface area (TPSA) is 32.3 Å². The zero-order valence-corrected chi connectivity index (χ0v) is 14.3. The molecule has 7 heteroatoms. The number of carbonyl (C=O) groups excluding carboxylic acids is 1. The first-order valence-corrected chi connectivity index (χ1v) is 7.93. The number of aryl methyl sites for hydroxylation is 1. The van der Waals surface area contributed by atoms with Gasteiger partial charge in [0.2, 0.25) is 0 Å². The summed E-state index contributed by atoms with van der Waals surface area (Å²) in [5.41, 5.74) is -2.08. The molecule has 1 amide bonds. The highest BCUT2D eigenvalue weighted by atomic mass is 32.2. The molecular formula is C17H17F3N2OS. The average molecular weight is 354 g/mol. The normalized spacial score (nSPS) is 11.2. The zero-order chi connectivity index (χ0) is 17.9. The van der Waals surface area contributed by atoms with Crippen molar-refractivity contribution in [3.63, 3.8) is 0 Å². The highest BCUT2D eigenvalue weighted by molar-refractivity contribution is 8.00. The summed E-state index contributed by atoms with van der Waals surface area (Å²) < 4.78 is 37.9. The molecule has 2 rings (SSSR count). The first-order chi connectivity index (χ1) is 11.2. The van der Waals surface area contributed by atoms with E-state index in [1.165, 1.54) is 24.3 Å². The molecule has 0 saturated heterocycles. The molecule has 0 aliphatic heterocycles. The molecular weight excluding hydrogens is 337 g/mol. The SMILES string of the molecule is Cc1cc(N(C)C)ccc1NC(=O)c1ccccc1SC(F)(F)F. The van der Waals surface area contributed by atoms with E-state index in [9.17, 15) is 18.0 Å². The quantitative estimate of drug-likeness (QED) is 0.791. The van der Waals surface area contributed by atoms with Crippen molar-refractivity contribution in [2.45, 2.75) is 17.3 Å². The highest BCUT2D eigenvalue weighted by Crippen LogP contribution is 2.38. The average Bonchev–Trinajstić information content (AvgIpc) is 2.48. The maximum Gasteiger partial charge on any atom is 0.446 e. The number of rotatable bonds is 4. The number of thioether (sulfide) groups is 1. The number of hydrogen-bond acceptors (Lipinski definition) is 3. The monoisotopic (exact) mass is 354 g/mol. The minimum atomic E-state index is -4.44. The predicted octanol–water partition coefficient (Wildman–Crippen LogP) is 4.93. The number of anilines is 2. The van der Waals surface area contributed by atoms with Gasteiger partial charge in [-0.15, -0.1) is 0 Å². The number of hydrogen-bond donors (Lipinski definition) is 1. The van der Waals surface area contributed by atoms with Gasteiger partial charge in [-0.05, 0) is 54.6 Å². The summed E-state index contributed by atoms with van der Waals surface area (Å²) in [5.74, 6) is -0.567. The number of nitrogens with zero attached hydrogens (tertiary/aromatic N) is 1. The second-order valence-corrected chi connectivity index (χ2v) is 6.50. The van der Waals surface area contributed by atoms with Crippen LogP contribution in [0.3, 0.4) is 0 Å². The highest BCUT2D eigenvalue weighted by Gasteiger charge is 2.31. The maximum atomic E-state index is 12.6. The fourth-order valence-corrected chi connectivity index (χ4v) is 2.79. The summed E-state index contributed by atoms with van der Waals surface area (Å²) in [5, 5.41) is 2.68. The third kappa shape index (κ3) is 4.67. The molecule has 0 heterocycles. The van der Waals surface area contributed by atoms with Crippen LogP contribution in [-0.4, -0.2) is 25.5 Å². The first kappa shape index (κ1) is 18.2. The van der Waals surface area contributed by atoms with Gasteiger partial charge in [0, 0.05) is 30.4 Å². The van der Waals surface area contributed by atoms with Gasteiger partial charge in [-0.25, -0.2) is 0 Å². The number of carbonyl (C=O) groups is 1. The van der Waals surface area contributed by atoms with Crippen LogP contribution in [0.2, 0.25) is 0 Å². The predicted molar refractivity (Wildman–Crippen MR) is 91.8 cm³/mol. The molecule has 128 valence electrons. The Kier molecular flexibility index (Phi) is 5.43. The second kappa shape index (κ2) is 7.17. The third-order valence-corrected chi connectivity index (χ3v) is 4.14. The summed E-state index contributed by atoms with van der Waals surface area (Å²) in [6.07, 6.45) is 0. The molecule has 2 aromatic rings. The van der Waals surface area contributed by atoms with Crippen LogP contribution in [-0.2, 0) is 0 Å². The Morgan fingerprint density at radius 3 is 2.38 bits per heavy atom. The van der Waals surface area contributed by atoms with E-state index < -0.39 is 11.4 Å². The van der Waals surface area contributed by atoms with E-state index in [-0.39, 0.29) is 22.2 Å². The van der Waals surface area contributed by atoms with Crippen LogP contribution in [0, 0.1) is 6.92 Å². The lowest BCUT2D eigenvalue weighted by Crippen LogP contribution is -2.15. The van der Waals surface area contributed by atoms with Gasteiger partial charge in [-0.1, -0.05) is 12.1 Å². The van der Waals surface area contributed by atoms with Crippen molar-refractivity contribution in [2.24, 2.45) is 0 Å². The molecule has 0 atom stereocenters. The summed E-state index contributed by atoms with van der Waals surface area (Å²) in [7, 11) is 3.80. The van der Waals surface area contributed by atoms with Crippen LogP contribution >= 0.6 is 11.8 Å². The van der Waals surface area contributed by atoms with Crippen molar-refractivity contribution < 1.29 is 18.0 Å². The molecule has 0 unspecified atom stereocenters. The van der Waals surface area contributed by atoms with Crippen molar-refractivity contribution in [3.05, 3.63) is 53.6 Å². The molecule has 0 radical (unpaired) electrons. The Morgan fingerprint density at radius 1 is 1.12 bits per heavy atom. The molecule has 0 aliphatic rings. The fraction of sp³-hybridized carbons (Fsp3) is 0.235. The standard InChI is InChI=1S/C17H17F3N2OS/c1-11-10-12(22(2)3)8-9-14(11)21-16(23)13-6-4-5-7-15(13)24-17(18,19)20/h4-10H,1-3H3,(H,21,23). The molecule has 0 saturated carbocycles. The van der Waals surface area contributed by atoms with Gasteiger partial charge < -0.3 is 10.2 Å². The van der Waals surface area contributed by atoms with Crippen LogP contribution in [0.15, 0.2) is 47.4 Å². The lowest BCUT2D eigenvalue weighted by molar-refractivity contribution is -0.0328. The van der Waals surface area contributed by atoms with Crippen molar-refractivity contribution in [1.82, 2.24) is 0 Å². The van der Waals surface area contributed by atoms with Crippen molar-refractivity contribution in [3.8, 4) is 0 Å². The lowest BCUT2D eigenvalue weighted by Gasteiger charge is -2.16. The van der Waals surface area contributed by atoms with Gasteiger partial charge in [-0.3, -0.25) is 4.79 Å². The molecule has 2 aromatic carbocycles. The minimum absolute atomic E-state index is 0.00379. The van der Waals surface area contributed by atoms with Gasteiger partial charge >= 0.3 is 5.51 Å². The summed E-state index contributed by atoms with van der Waals surface area (Å²) in [6.45, 7) is 1.83. The van der Waals surface area contributed by atoms with Gasteiger partial charge in [0.25, 0.3) is 5.91 Å². The van der Waals surface area contributed by atoms with Gasteiger partial charge in [0.15, 0.2) is 0 Å². The molecule has 24 heavy (non-hydrogen) atoms. The minimum Gasteiger partial charge on any atom is -0.378 e. The van der Waals surface area contributed by atoms with Gasteiger partial charge in [-0.2, -0.15) is 13.2 Å². The number of halogens is 3. The molecule has 0 bridgehead atoms. The summed E-state index contributed by atoms with van der Waals surface area (Å²) >= 11 is -0.291. The second-order valence-electron chi connectivity index (χ2n) is 5.39. The van der Waals surface area contributed by atoms with E-state index in [2.05, 4.69) is 5.32 Å². The maximum absolute atomic E-state index is 12.6. The fourth-order valence-electron chi connectivity index (χ4n) is 2.12. The van der Waals surface area contributed by atoms with E-state index in [4.69, 9.17) is 0 Å². The summed E-state index contributed by atoms with van der Waals surface area (Å²) in [6, 6.07) is 11.1. The summed E-state index contributed by atoms with van der Waals surface area (Å²) in [4.78, 5) is 14.2. The van der Waals surface area contributed by atoms with Crippen LogP contribution in [0.4, 0.5) is 24.5 Å². The largest absolute Gasteiger partial charge is 0.446 e. The Hall–Kier alpha value is -2.15. The first-order valence-electron chi connectivity index (χ1n) is 7.11. The number of alkyl halides is 3. The molecule has 0 spiro atoms. The van der Waals surface area contributed by atoms with Gasteiger partial charge in [0.1, 0.15) is 0 Å². The van der Waals surface area contributed by atoms with Crippen molar-refractivity contribution in [2.75, 3.05) is 24.3 Å². The molecule has 3 nitrogen and oxygen atoms in total. The van der Waals surface area contributed by atoms with Crippen molar-refractivity contribution in [1.29, 1.82) is 0 Å². The van der Waals surface area contributed by atoms with E-state index in [0.717, 1.165) is 11.3 Å². The zero-order valence-electron chi connectivity index (χ0n) is 13.4. The molecule has 1 N–H and O–H groups in total. The number of benzene rings is 2. The smallest absolute Gasteiger partial charge is 0.378 e. The van der Waals surface area contributed by atoms with Gasteiger partial charge in [0.05, 0.1) is 5.56 Å². The van der Waals surface area contributed by atoms with E-state index in [1.54, 1.807) is 6.07 Å². The Labute approximate surface area is 142 Å². The molecule has 0 aromatic heterocycles. The van der Waals surface area contributed by atoms with Crippen LogP contribution in [0.1, 0.15) is 15.9 Å². The Bertz CT molecular complexity index is 745.